The quantitative estimate of drug-likeness (QED) is 0.570. The molecule has 106 valence electrons. The highest BCUT2D eigenvalue weighted by atomic mass is 32.2. The molecular weight excluding hydrogens is 276 g/mol. The molecule has 3 N–H and O–H groups in total. The summed E-state index contributed by atoms with van der Waals surface area (Å²) in [6.07, 6.45) is 0.159. The van der Waals surface area contributed by atoms with Crippen molar-refractivity contribution in [2.45, 2.75) is 31.8 Å². The molecule has 0 aromatic heterocycles. The van der Waals surface area contributed by atoms with Gasteiger partial charge in [-0.25, -0.2) is 0 Å². The number of benzene rings is 1. The van der Waals surface area contributed by atoms with Crippen molar-refractivity contribution in [2.24, 2.45) is 5.73 Å². The van der Waals surface area contributed by atoms with Gasteiger partial charge in [-0.2, -0.15) is 0 Å². The Morgan fingerprint density at radius 3 is 2.79 bits per heavy atom. The molecule has 19 heavy (non-hydrogen) atoms. The van der Waals surface area contributed by atoms with E-state index in [-0.39, 0.29) is 6.10 Å². The van der Waals surface area contributed by atoms with Crippen LogP contribution in [0.2, 0.25) is 0 Å². The van der Waals surface area contributed by atoms with E-state index >= 15 is 0 Å². The third-order valence-electron chi connectivity index (χ3n) is 2.60. The highest BCUT2D eigenvalue weighted by Crippen LogP contribution is 2.28. The number of hydrogen-bond acceptors (Lipinski definition) is 4. The fourth-order valence-electron chi connectivity index (χ4n) is 1.81. The molecule has 0 radical (unpaired) electrons. The Morgan fingerprint density at radius 2 is 2.21 bits per heavy atom. The topological polar surface area (TPSA) is 47.3 Å². The van der Waals surface area contributed by atoms with Gasteiger partial charge < -0.3 is 15.8 Å². The second-order valence-electron chi connectivity index (χ2n) is 4.12. The predicted molar refractivity (Wildman–Crippen MR) is 88.3 cm³/mol. The van der Waals surface area contributed by atoms with E-state index in [2.05, 4.69) is 18.3 Å². The third-order valence-corrected chi connectivity index (χ3v) is 3.75. The standard InChI is InChI=1S/C14H22N2OS2/c1-4-17-10(3)9-16-11-7-6-8-12(19-5-2)13(11)14(15)18/h6-8,10,16H,4-5,9H2,1-3H3,(H2,15,18). The minimum Gasteiger partial charge on any atom is -0.389 e. The van der Waals surface area contributed by atoms with Crippen LogP contribution in [0.3, 0.4) is 0 Å². The molecule has 0 saturated heterocycles. The van der Waals surface area contributed by atoms with Gasteiger partial charge >= 0.3 is 0 Å². The van der Waals surface area contributed by atoms with Gasteiger partial charge in [0.2, 0.25) is 0 Å². The van der Waals surface area contributed by atoms with Gasteiger partial charge in [-0.1, -0.05) is 25.2 Å². The predicted octanol–water partition coefficient (Wildman–Crippen LogP) is 3.27. The lowest BCUT2D eigenvalue weighted by Gasteiger charge is -2.17. The summed E-state index contributed by atoms with van der Waals surface area (Å²) in [4.78, 5) is 1.56. The number of thioether (sulfide) groups is 1. The van der Waals surface area contributed by atoms with Gasteiger partial charge in [-0.05, 0) is 31.7 Å². The van der Waals surface area contributed by atoms with Crippen LogP contribution >= 0.6 is 24.0 Å². The van der Waals surface area contributed by atoms with E-state index in [1.807, 2.05) is 26.0 Å². The Hall–Kier alpha value is -0.780. The summed E-state index contributed by atoms with van der Waals surface area (Å²) in [5, 5.41) is 3.37. The zero-order chi connectivity index (χ0) is 14.3. The SMILES string of the molecule is CCOC(C)CNc1cccc(SCC)c1C(N)=S. The highest BCUT2D eigenvalue weighted by Gasteiger charge is 2.11. The van der Waals surface area contributed by atoms with E-state index in [4.69, 9.17) is 22.7 Å². The molecule has 0 aliphatic heterocycles. The van der Waals surface area contributed by atoms with Crippen LogP contribution in [-0.2, 0) is 4.74 Å². The lowest BCUT2D eigenvalue weighted by molar-refractivity contribution is 0.0855. The van der Waals surface area contributed by atoms with Crippen molar-refractivity contribution < 1.29 is 4.74 Å². The van der Waals surface area contributed by atoms with Crippen molar-refractivity contribution in [1.29, 1.82) is 0 Å². The molecule has 0 heterocycles. The largest absolute Gasteiger partial charge is 0.389 e. The van der Waals surface area contributed by atoms with Gasteiger partial charge in [0.05, 0.1) is 6.10 Å². The summed E-state index contributed by atoms with van der Waals surface area (Å²) < 4.78 is 5.51. The summed E-state index contributed by atoms with van der Waals surface area (Å²) >= 11 is 6.93. The molecule has 1 unspecified atom stereocenters. The van der Waals surface area contributed by atoms with Gasteiger partial charge in [-0.15, -0.1) is 11.8 Å². The maximum absolute atomic E-state index is 5.86. The molecule has 0 saturated carbocycles. The van der Waals surface area contributed by atoms with Gasteiger partial charge in [0.1, 0.15) is 4.99 Å². The van der Waals surface area contributed by atoms with E-state index in [1.165, 1.54) is 0 Å². The lowest BCUT2D eigenvalue weighted by atomic mass is 10.1. The van der Waals surface area contributed by atoms with Crippen LogP contribution in [0.25, 0.3) is 0 Å². The van der Waals surface area contributed by atoms with Crippen molar-refractivity contribution in [1.82, 2.24) is 0 Å². The number of anilines is 1. The fraction of sp³-hybridized carbons (Fsp3) is 0.500. The Labute approximate surface area is 125 Å². The number of nitrogens with one attached hydrogen (secondary N) is 1. The first-order valence-electron chi connectivity index (χ1n) is 6.51. The van der Waals surface area contributed by atoms with Gasteiger partial charge in [0, 0.05) is 29.3 Å². The number of ether oxygens (including phenoxy) is 1. The van der Waals surface area contributed by atoms with E-state index in [9.17, 15) is 0 Å². The summed E-state index contributed by atoms with van der Waals surface area (Å²) in [5.41, 5.74) is 7.78. The zero-order valence-corrected chi connectivity index (χ0v) is 13.4. The van der Waals surface area contributed by atoms with E-state index < -0.39 is 0 Å². The second kappa shape index (κ2) is 8.40. The van der Waals surface area contributed by atoms with Gasteiger partial charge in [0.25, 0.3) is 0 Å². The molecule has 1 aromatic carbocycles. The third kappa shape index (κ3) is 5.01. The first kappa shape index (κ1) is 16.3. The minimum absolute atomic E-state index is 0.159. The van der Waals surface area contributed by atoms with Crippen LogP contribution in [0.1, 0.15) is 26.3 Å². The number of hydrogen-bond donors (Lipinski definition) is 2. The van der Waals surface area contributed by atoms with Crippen LogP contribution < -0.4 is 11.1 Å². The molecule has 3 nitrogen and oxygen atoms in total. The average Bonchev–Trinajstić information content (AvgIpc) is 2.37. The van der Waals surface area contributed by atoms with E-state index in [0.717, 1.165) is 35.1 Å². The lowest BCUT2D eigenvalue weighted by Crippen LogP contribution is -2.22. The Morgan fingerprint density at radius 1 is 1.47 bits per heavy atom. The van der Waals surface area contributed by atoms with Crippen LogP contribution in [0.4, 0.5) is 5.69 Å². The molecule has 0 bridgehead atoms. The molecule has 1 aromatic rings. The average molecular weight is 298 g/mol. The summed E-state index contributed by atoms with van der Waals surface area (Å²) in [6.45, 7) is 7.61. The number of nitrogens with two attached hydrogens (primary N) is 1. The van der Waals surface area contributed by atoms with Crippen molar-refractivity contribution >= 4 is 34.7 Å². The highest BCUT2D eigenvalue weighted by molar-refractivity contribution is 7.99. The smallest absolute Gasteiger partial charge is 0.107 e. The van der Waals surface area contributed by atoms with E-state index in [0.29, 0.717) is 4.99 Å². The van der Waals surface area contributed by atoms with Crippen LogP contribution in [0.15, 0.2) is 23.1 Å². The van der Waals surface area contributed by atoms with E-state index in [1.54, 1.807) is 11.8 Å². The molecule has 0 aliphatic carbocycles. The Bertz CT molecular complexity index is 424. The molecule has 0 amide bonds. The van der Waals surface area contributed by atoms with Crippen molar-refractivity contribution in [2.75, 3.05) is 24.2 Å². The molecule has 0 fully saturated rings. The van der Waals surface area contributed by atoms with Crippen LogP contribution in [-0.4, -0.2) is 30.0 Å². The summed E-state index contributed by atoms with van der Waals surface area (Å²) in [5.74, 6) is 0.994. The number of rotatable bonds is 8. The van der Waals surface area contributed by atoms with Gasteiger partial charge in [-0.3, -0.25) is 0 Å². The van der Waals surface area contributed by atoms with Crippen molar-refractivity contribution in [3.63, 3.8) is 0 Å². The molecule has 1 rings (SSSR count). The van der Waals surface area contributed by atoms with Crippen LogP contribution in [0, 0.1) is 0 Å². The molecule has 0 aliphatic rings. The molecule has 1 atom stereocenters. The number of thiocarbonyl (C=S) groups is 1. The van der Waals surface area contributed by atoms with Crippen molar-refractivity contribution in [3.05, 3.63) is 23.8 Å². The first-order valence-corrected chi connectivity index (χ1v) is 7.90. The van der Waals surface area contributed by atoms with Gasteiger partial charge in [0.15, 0.2) is 0 Å². The maximum Gasteiger partial charge on any atom is 0.107 e. The fourth-order valence-corrected chi connectivity index (χ4v) is 2.94. The summed E-state index contributed by atoms with van der Waals surface area (Å²) in [7, 11) is 0. The monoisotopic (exact) mass is 298 g/mol. The van der Waals surface area contributed by atoms with Crippen molar-refractivity contribution in [3.8, 4) is 0 Å². The normalized spacial score (nSPS) is 12.2. The Balaban J connectivity index is 2.87. The molecule has 5 heteroatoms. The van der Waals surface area contributed by atoms with Crippen LogP contribution in [0.5, 0.6) is 0 Å². The second-order valence-corrected chi connectivity index (χ2v) is 5.87. The summed E-state index contributed by atoms with van der Waals surface area (Å²) in [6, 6.07) is 6.08. The molecular formula is C14H22N2OS2. The zero-order valence-electron chi connectivity index (χ0n) is 11.7. The first-order chi connectivity index (χ1) is 9.10. The molecule has 0 spiro atoms. The minimum atomic E-state index is 0.159. The maximum atomic E-state index is 5.86. The Kier molecular flexibility index (Phi) is 7.20.